The van der Waals surface area contributed by atoms with Crippen LogP contribution in [0.1, 0.15) is 31.0 Å². The van der Waals surface area contributed by atoms with E-state index in [1.54, 1.807) is 0 Å². The molecule has 0 fully saturated rings. The molecule has 3 rings (SSSR count). The van der Waals surface area contributed by atoms with Crippen molar-refractivity contribution in [3.8, 4) is 0 Å². The van der Waals surface area contributed by atoms with Gasteiger partial charge in [0.25, 0.3) is 0 Å². The number of fused-ring (bicyclic) bond motifs is 1. The summed E-state index contributed by atoms with van der Waals surface area (Å²) in [5.74, 6) is 0. The summed E-state index contributed by atoms with van der Waals surface area (Å²) < 4.78 is 0. The molecule has 0 aromatic heterocycles. The van der Waals surface area contributed by atoms with Crippen LogP contribution in [0.2, 0.25) is 10.0 Å². The molecule has 2 aromatic rings. The highest BCUT2D eigenvalue weighted by molar-refractivity contribution is 6.31. The molecule has 0 spiro atoms. The Morgan fingerprint density at radius 2 is 1.88 bits per heavy atom. The Hall–Kier alpha value is -1.26. The largest absolute Gasteiger partial charge is 0.395 e. The van der Waals surface area contributed by atoms with Gasteiger partial charge in [-0.2, -0.15) is 0 Å². The molecule has 24 heavy (non-hydrogen) atoms. The van der Waals surface area contributed by atoms with Crippen molar-refractivity contribution in [2.75, 3.05) is 31.6 Å². The molecule has 1 heterocycles. The highest BCUT2D eigenvalue weighted by Gasteiger charge is 2.28. The van der Waals surface area contributed by atoms with Crippen molar-refractivity contribution >= 4 is 28.9 Å². The molecule has 0 saturated carbocycles. The molecular formula is C19H24Cl2N2O. The van der Waals surface area contributed by atoms with Gasteiger partial charge in [0.2, 0.25) is 0 Å². The third-order valence-electron chi connectivity index (χ3n) is 3.97. The average Bonchev–Trinajstić information content (AvgIpc) is 2.77. The molecule has 0 amide bonds. The number of nitrogens with one attached hydrogen (secondary N) is 1. The number of rotatable bonds is 3. The van der Waals surface area contributed by atoms with Crippen molar-refractivity contribution in [1.82, 2.24) is 4.90 Å². The van der Waals surface area contributed by atoms with E-state index < -0.39 is 0 Å². The smallest absolute Gasteiger partial charge is 0.0638 e. The number of hydrogen-bond donors (Lipinski definition) is 2. The van der Waals surface area contributed by atoms with Crippen LogP contribution in [-0.2, 0) is 0 Å². The predicted octanol–water partition coefficient (Wildman–Crippen LogP) is 4.83. The lowest BCUT2D eigenvalue weighted by Gasteiger charge is -2.31. The molecule has 2 aromatic carbocycles. The summed E-state index contributed by atoms with van der Waals surface area (Å²) in [6.07, 6.45) is 0. The first-order valence-electron chi connectivity index (χ1n) is 8.33. The first kappa shape index (κ1) is 19.1. The molecule has 0 aliphatic carbocycles. The minimum atomic E-state index is -0.0236. The van der Waals surface area contributed by atoms with Crippen molar-refractivity contribution in [2.45, 2.75) is 19.9 Å². The standard InChI is InChI=1S/C17H18Cl2N2O.C2H6/c18-12-5-6-16-14(11-12)17(13-3-1-2-4-15(13)19)21(9-10-22)8-7-20-16;1-2/h1-6,11,17,20,22H,7-10H2;1-2H3. The van der Waals surface area contributed by atoms with Crippen LogP contribution in [-0.4, -0.2) is 36.2 Å². The summed E-state index contributed by atoms with van der Waals surface area (Å²) in [5.41, 5.74) is 3.19. The topological polar surface area (TPSA) is 35.5 Å². The van der Waals surface area contributed by atoms with Crippen LogP contribution < -0.4 is 5.32 Å². The second-order valence-electron chi connectivity index (χ2n) is 5.34. The van der Waals surface area contributed by atoms with E-state index in [9.17, 15) is 5.11 Å². The van der Waals surface area contributed by atoms with E-state index >= 15 is 0 Å². The van der Waals surface area contributed by atoms with Crippen LogP contribution in [0.5, 0.6) is 0 Å². The molecule has 2 N–H and O–H groups in total. The Bertz CT molecular complexity index is 664. The molecule has 0 radical (unpaired) electrons. The lowest BCUT2D eigenvalue weighted by atomic mass is 9.96. The maximum atomic E-state index is 9.43. The first-order valence-corrected chi connectivity index (χ1v) is 9.09. The number of benzene rings is 2. The molecule has 1 atom stereocenters. The van der Waals surface area contributed by atoms with E-state index in [0.717, 1.165) is 34.9 Å². The van der Waals surface area contributed by atoms with Gasteiger partial charge in [-0.25, -0.2) is 0 Å². The fourth-order valence-electron chi connectivity index (χ4n) is 3.01. The van der Waals surface area contributed by atoms with Gasteiger partial charge in [0, 0.05) is 35.4 Å². The second-order valence-corrected chi connectivity index (χ2v) is 6.19. The van der Waals surface area contributed by atoms with Gasteiger partial charge in [0.1, 0.15) is 0 Å². The van der Waals surface area contributed by atoms with Crippen LogP contribution in [0, 0.1) is 0 Å². The predicted molar refractivity (Wildman–Crippen MR) is 103 cm³/mol. The molecule has 1 aliphatic rings. The lowest BCUT2D eigenvalue weighted by Crippen LogP contribution is -2.33. The van der Waals surface area contributed by atoms with Gasteiger partial charge >= 0.3 is 0 Å². The number of aliphatic hydroxyl groups is 1. The minimum Gasteiger partial charge on any atom is -0.395 e. The molecule has 1 unspecified atom stereocenters. The number of halogens is 2. The summed E-state index contributed by atoms with van der Waals surface area (Å²) in [7, 11) is 0. The van der Waals surface area contributed by atoms with Gasteiger partial charge < -0.3 is 10.4 Å². The molecule has 1 aliphatic heterocycles. The maximum absolute atomic E-state index is 9.43. The molecule has 130 valence electrons. The van der Waals surface area contributed by atoms with Gasteiger partial charge in [-0.15, -0.1) is 0 Å². The molecular weight excluding hydrogens is 343 g/mol. The molecule has 0 bridgehead atoms. The lowest BCUT2D eigenvalue weighted by molar-refractivity contribution is 0.175. The molecule has 3 nitrogen and oxygen atoms in total. The van der Waals surface area contributed by atoms with Crippen LogP contribution >= 0.6 is 23.2 Å². The summed E-state index contributed by atoms with van der Waals surface area (Å²) >= 11 is 12.7. The average molecular weight is 367 g/mol. The highest BCUT2D eigenvalue weighted by Crippen LogP contribution is 2.39. The van der Waals surface area contributed by atoms with Crippen molar-refractivity contribution in [2.24, 2.45) is 0 Å². The van der Waals surface area contributed by atoms with Crippen LogP contribution in [0.25, 0.3) is 0 Å². The van der Waals surface area contributed by atoms with E-state index in [-0.39, 0.29) is 12.6 Å². The van der Waals surface area contributed by atoms with E-state index in [1.807, 2.05) is 56.3 Å². The maximum Gasteiger partial charge on any atom is 0.0638 e. The number of nitrogens with zero attached hydrogens (tertiary/aromatic N) is 1. The summed E-state index contributed by atoms with van der Waals surface area (Å²) in [6.45, 7) is 6.33. The fraction of sp³-hybridized carbons (Fsp3) is 0.368. The Labute approximate surface area is 154 Å². The van der Waals surface area contributed by atoms with Crippen molar-refractivity contribution < 1.29 is 5.11 Å². The number of β-amino-alcohol motifs (C(OH)–C–C–N with tert-alkyl or cyclic N) is 1. The molecule has 0 saturated heterocycles. The minimum absolute atomic E-state index is 0.0236. The van der Waals surface area contributed by atoms with Crippen molar-refractivity contribution in [1.29, 1.82) is 0 Å². The van der Waals surface area contributed by atoms with E-state index in [1.165, 1.54) is 0 Å². The summed E-state index contributed by atoms with van der Waals surface area (Å²) in [5, 5.41) is 14.3. The second kappa shape index (κ2) is 9.28. The Morgan fingerprint density at radius 3 is 2.58 bits per heavy atom. The Kier molecular flexibility index (Phi) is 7.38. The fourth-order valence-corrected chi connectivity index (χ4v) is 3.43. The van der Waals surface area contributed by atoms with E-state index in [2.05, 4.69) is 10.2 Å². The molecule has 5 heteroatoms. The number of anilines is 1. The van der Waals surface area contributed by atoms with Gasteiger partial charge in [0.15, 0.2) is 0 Å². The van der Waals surface area contributed by atoms with E-state index in [0.29, 0.717) is 11.6 Å². The summed E-state index contributed by atoms with van der Waals surface area (Å²) in [4.78, 5) is 2.23. The normalized spacial score (nSPS) is 17.1. The Morgan fingerprint density at radius 1 is 1.12 bits per heavy atom. The van der Waals surface area contributed by atoms with Crippen LogP contribution in [0.3, 0.4) is 0 Å². The zero-order chi connectivity index (χ0) is 17.5. The van der Waals surface area contributed by atoms with E-state index in [4.69, 9.17) is 23.2 Å². The van der Waals surface area contributed by atoms with Gasteiger partial charge in [-0.3, -0.25) is 4.90 Å². The van der Waals surface area contributed by atoms with Gasteiger partial charge in [0.05, 0.1) is 12.6 Å². The highest BCUT2D eigenvalue weighted by atomic mass is 35.5. The summed E-state index contributed by atoms with van der Waals surface area (Å²) in [6, 6.07) is 13.7. The number of hydrogen-bond acceptors (Lipinski definition) is 3. The van der Waals surface area contributed by atoms with Crippen molar-refractivity contribution in [3.63, 3.8) is 0 Å². The quantitative estimate of drug-likeness (QED) is 0.816. The SMILES string of the molecule is CC.OCCN1CCNc2ccc(Cl)cc2C1c1ccccc1Cl. The zero-order valence-corrected chi connectivity index (χ0v) is 15.6. The monoisotopic (exact) mass is 366 g/mol. The van der Waals surface area contributed by atoms with Gasteiger partial charge in [-0.05, 0) is 35.4 Å². The third kappa shape index (κ3) is 4.22. The van der Waals surface area contributed by atoms with Crippen LogP contribution in [0.15, 0.2) is 42.5 Å². The number of aliphatic hydroxyl groups excluding tert-OH is 1. The first-order chi connectivity index (χ1) is 11.7. The third-order valence-corrected chi connectivity index (χ3v) is 4.55. The van der Waals surface area contributed by atoms with Gasteiger partial charge in [-0.1, -0.05) is 55.2 Å². The van der Waals surface area contributed by atoms with Crippen molar-refractivity contribution in [3.05, 3.63) is 63.6 Å². The zero-order valence-electron chi connectivity index (χ0n) is 14.1. The Balaban J connectivity index is 0.00000100. The van der Waals surface area contributed by atoms with Crippen LogP contribution in [0.4, 0.5) is 5.69 Å².